The van der Waals surface area contributed by atoms with Gasteiger partial charge in [0, 0.05) is 39.1 Å². The molecule has 1 aromatic heterocycles. The number of piperazine rings is 1. The molecule has 26 heavy (non-hydrogen) atoms. The maximum absolute atomic E-state index is 12.7. The Bertz CT molecular complexity index is 724. The summed E-state index contributed by atoms with van der Waals surface area (Å²) >= 11 is 0. The van der Waals surface area contributed by atoms with Gasteiger partial charge in [-0.2, -0.15) is 0 Å². The molecule has 1 N–H and O–H groups in total. The van der Waals surface area contributed by atoms with E-state index in [-0.39, 0.29) is 11.9 Å². The van der Waals surface area contributed by atoms with E-state index in [0.717, 1.165) is 24.7 Å². The number of hydrogen-bond donors (Lipinski definition) is 1. The average molecular weight is 356 g/mol. The summed E-state index contributed by atoms with van der Waals surface area (Å²) in [6.07, 6.45) is 4.06. The van der Waals surface area contributed by atoms with Gasteiger partial charge in [-0.05, 0) is 23.6 Å². The van der Waals surface area contributed by atoms with Gasteiger partial charge in [-0.25, -0.2) is 4.98 Å². The summed E-state index contributed by atoms with van der Waals surface area (Å²) in [5, 5.41) is 3.35. The van der Waals surface area contributed by atoms with Crippen molar-refractivity contribution in [3.63, 3.8) is 0 Å². The van der Waals surface area contributed by atoms with Gasteiger partial charge in [0.05, 0.1) is 13.0 Å². The van der Waals surface area contributed by atoms with Crippen LogP contribution in [-0.4, -0.2) is 46.6 Å². The zero-order valence-corrected chi connectivity index (χ0v) is 15.8. The number of nitrogens with one attached hydrogen (secondary N) is 1. The highest BCUT2D eigenvalue weighted by Crippen LogP contribution is 2.22. The Morgan fingerprint density at radius 3 is 2.77 bits per heavy atom. The Morgan fingerprint density at radius 1 is 1.35 bits per heavy atom. The molecular formula is C20H28N4O2. The first-order valence-electron chi connectivity index (χ1n) is 9.26. The number of ether oxygens (including phenoxy) is 1. The SMILES string of the molecule is CC(C)c1ccc(OCCC(=O)N2CCNCC2c2nccn2C)cc1. The number of amides is 1. The van der Waals surface area contributed by atoms with Gasteiger partial charge in [-0.1, -0.05) is 26.0 Å². The van der Waals surface area contributed by atoms with E-state index in [0.29, 0.717) is 25.5 Å². The molecule has 1 amide bonds. The molecule has 1 atom stereocenters. The minimum absolute atomic E-state index is 0.0263. The molecule has 1 unspecified atom stereocenters. The van der Waals surface area contributed by atoms with E-state index in [2.05, 4.69) is 36.3 Å². The summed E-state index contributed by atoms with van der Waals surface area (Å²) in [5.74, 6) is 2.33. The van der Waals surface area contributed by atoms with E-state index in [1.165, 1.54) is 5.56 Å². The molecule has 1 fully saturated rings. The lowest BCUT2D eigenvalue weighted by atomic mass is 10.0. The van der Waals surface area contributed by atoms with Crippen molar-refractivity contribution in [2.45, 2.75) is 32.2 Å². The topological polar surface area (TPSA) is 59.4 Å². The van der Waals surface area contributed by atoms with Crippen LogP contribution in [0.25, 0.3) is 0 Å². The third-order valence-corrected chi connectivity index (χ3v) is 4.85. The van der Waals surface area contributed by atoms with Crippen molar-refractivity contribution < 1.29 is 9.53 Å². The molecule has 0 aliphatic carbocycles. The van der Waals surface area contributed by atoms with E-state index in [9.17, 15) is 4.79 Å². The van der Waals surface area contributed by atoms with Gasteiger partial charge in [0.2, 0.25) is 5.91 Å². The van der Waals surface area contributed by atoms with Gasteiger partial charge in [-0.3, -0.25) is 4.79 Å². The Balaban J connectivity index is 1.55. The highest BCUT2D eigenvalue weighted by atomic mass is 16.5. The van der Waals surface area contributed by atoms with Gasteiger partial charge in [0.15, 0.2) is 0 Å². The summed E-state index contributed by atoms with van der Waals surface area (Å²) < 4.78 is 7.74. The summed E-state index contributed by atoms with van der Waals surface area (Å²) in [4.78, 5) is 19.1. The normalized spacial score (nSPS) is 17.5. The quantitative estimate of drug-likeness (QED) is 0.864. The molecule has 2 heterocycles. The van der Waals surface area contributed by atoms with Crippen molar-refractivity contribution in [2.75, 3.05) is 26.2 Å². The average Bonchev–Trinajstić information content (AvgIpc) is 3.08. The largest absolute Gasteiger partial charge is 0.493 e. The molecule has 3 rings (SSSR count). The monoisotopic (exact) mass is 356 g/mol. The van der Waals surface area contributed by atoms with Gasteiger partial charge < -0.3 is 19.5 Å². The zero-order chi connectivity index (χ0) is 18.5. The molecule has 0 saturated carbocycles. The fraction of sp³-hybridized carbons (Fsp3) is 0.500. The fourth-order valence-corrected chi connectivity index (χ4v) is 3.28. The van der Waals surface area contributed by atoms with Crippen LogP contribution >= 0.6 is 0 Å². The smallest absolute Gasteiger partial charge is 0.226 e. The summed E-state index contributed by atoms with van der Waals surface area (Å²) in [5.41, 5.74) is 1.28. The number of benzene rings is 1. The molecule has 1 aliphatic heterocycles. The van der Waals surface area contributed by atoms with Gasteiger partial charge >= 0.3 is 0 Å². The molecule has 0 spiro atoms. The van der Waals surface area contributed by atoms with Crippen LogP contribution in [0.3, 0.4) is 0 Å². The number of aromatic nitrogens is 2. The number of carbonyl (C=O) groups is 1. The molecule has 6 nitrogen and oxygen atoms in total. The minimum Gasteiger partial charge on any atom is -0.493 e. The van der Waals surface area contributed by atoms with Crippen LogP contribution in [0, 0.1) is 0 Å². The lowest BCUT2D eigenvalue weighted by Gasteiger charge is -2.35. The van der Waals surface area contributed by atoms with Crippen LogP contribution in [0.1, 0.15) is 43.6 Å². The maximum Gasteiger partial charge on any atom is 0.226 e. The third-order valence-electron chi connectivity index (χ3n) is 4.85. The highest BCUT2D eigenvalue weighted by Gasteiger charge is 2.30. The number of nitrogens with zero attached hydrogens (tertiary/aromatic N) is 3. The lowest BCUT2D eigenvalue weighted by Crippen LogP contribution is -2.49. The Kier molecular flexibility index (Phi) is 5.93. The van der Waals surface area contributed by atoms with E-state index >= 15 is 0 Å². The number of hydrogen-bond acceptors (Lipinski definition) is 4. The molecule has 6 heteroatoms. The Morgan fingerprint density at radius 2 is 2.12 bits per heavy atom. The third kappa shape index (κ3) is 4.25. The first-order chi connectivity index (χ1) is 12.6. The second-order valence-electron chi connectivity index (χ2n) is 7.03. The van der Waals surface area contributed by atoms with E-state index in [4.69, 9.17) is 4.74 Å². The first kappa shape index (κ1) is 18.5. The molecular weight excluding hydrogens is 328 g/mol. The number of rotatable bonds is 6. The van der Waals surface area contributed by atoms with Crippen molar-refractivity contribution in [1.29, 1.82) is 0 Å². The van der Waals surface area contributed by atoms with E-state index in [1.54, 1.807) is 6.20 Å². The Labute approximate surface area is 155 Å². The predicted octanol–water partition coefficient (Wildman–Crippen LogP) is 2.49. The predicted molar refractivity (Wildman–Crippen MR) is 101 cm³/mol. The van der Waals surface area contributed by atoms with Crippen molar-refractivity contribution in [3.05, 3.63) is 48.0 Å². The molecule has 1 saturated heterocycles. The van der Waals surface area contributed by atoms with Crippen LogP contribution in [-0.2, 0) is 11.8 Å². The number of carbonyl (C=O) groups excluding carboxylic acids is 1. The molecule has 0 radical (unpaired) electrons. The summed E-state index contributed by atoms with van der Waals surface area (Å²) in [6, 6.07) is 8.08. The van der Waals surface area contributed by atoms with Gasteiger partial charge in [0.1, 0.15) is 17.6 Å². The molecule has 1 aromatic carbocycles. The number of imidazole rings is 1. The highest BCUT2D eigenvalue weighted by molar-refractivity contribution is 5.77. The zero-order valence-electron chi connectivity index (χ0n) is 15.8. The maximum atomic E-state index is 12.7. The lowest BCUT2D eigenvalue weighted by molar-refractivity contribution is -0.135. The van der Waals surface area contributed by atoms with Crippen molar-refractivity contribution in [3.8, 4) is 5.75 Å². The number of aryl methyl sites for hydroxylation is 1. The van der Waals surface area contributed by atoms with Crippen LogP contribution < -0.4 is 10.1 Å². The molecule has 0 bridgehead atoms. The molecule has 1 aliphatic rings. The van der Waals surface area contributed by atoms with E-state index < -0.39 is 0 Å². The van der Waals surface area contributed by atoms with Crippen molar-refractivity contribution in [1.82, 2.24) is 19.8 Å². The standard InChI is InChI=1S/C20H28N4O2/c1-15(2)16-4-6-17(7-5-16)26-13-8-19(25)24-12-9-21-14-18(24)20-22-10-11-23(20)3/h4-7,10-11,15,18,21H,8-9,12-14H2,1-3H3. The molecule has 2 aromatic rings. The summed E-state index contributed by atoms with van der Waals surface area (Å²) in [6.45, 7) is 6.95. The second kappa shape index (κ2) is 8.36. The summed E-state index contributed by atoms with van der Waals surface area (Å²) in [7, 11) is 1.96. The molecule has 140 valence electrons. The first-order valence-corrected chi connectivity index (χ1v) is 9.26. The second-order valence-corrected chi connectivity index (χ2v) is 7.03. The van der Waals surface area contributed by atoms with Crippen molar-refractivity contribution in [2.24, 2.45) is 7.05 Å². The van der Waals surface area contributed by atoms with E-state index in [1.807, 2.05) is 34.8 Å². The van der Waals surface area contributed by atoms with Gasteiger partial charge in [-0.15, -0.1) is 0 Å². The van der Waals surface area contributed by atoms with Crippen LogP contribution in [0.5, 0.6) is 5.75 Å². The Hall–Kier alpha value is -2.34. The fourth-order valence-electron chi connectivity index (χ4n) is 3.28. The van der Waals surface area contributed by atoms with Gasteiger partial charge in [0.25, 0.3) is 0 Å². The van der Waals surface area contributed by atoms with Crippen molar-refractivity contribution >= 4 is 5.91 Å². The van der Waals surface area contributed by atoms with Crippen LogP contribution in [0.15, 0.2) is 36.7 Å². The minimum atomic E-state index is -0.0263. The van der Waals surface area contributed by atoms with Crippen LogP contribution in [0.4, 0.5) is 0 Å². The van der Waals surface area contributed by atoms with Crippen LogP contribution in [0.2, 0.25) is 0 Å².